The maximum absolute atomic E-state index is 13.3. The lowest BCUT2D eigenvalue weighted by Crippen LogP contribution is -2.41. The van der Waals surface area contributed by atoms with Crippen molar-refractivity contribution < 1.29 is 23.3 Å². The molecule has 1 aliphatic rings. The van der Waals surface area contributed by atoms with Gasteiger partial charge in [-0.3, -0.25) is 14.9 Å². The third kappa shape index (κ3) is 3.61. The van der Waals surface area contributed by atoms with E-state index in [0.29, 0.717) is 36.6 Å². The van der Waals surface area contributed by atoms with E-state index in [-0.39, 0.29) is 23.6 Å². The SMILES string of the molecule is O=C(c1ccc([N+](=O)[O-])o1)N1CCC(Oc2nc3ccc(F)cc3s2)CC1. The second kappa shape index (κ2) is 6.95. The van der Waals surface area contributed by atoms with Crippen LogP contribution in [0.1, 0.15) is 23.4 Å². The van der Waals surface area contributed by atoms with Gasteiger partial charge in [-0.25, -0.2) is 9.37 Å². The number of hydrogen-bond acceptors (Lipinski definition) is 7. The number of thiazole rings is 1. The number of fused-ring (bicyclic) bond motifs is 1. The zero-order valence-corrected chi connectivity index (χ0v) is 14.8. The number of piperidine rings is 1. The van der Waals surface area contributed by atoms with Crippen LogP contribution in [0.4, 0.5) is 10.3 Å². The first-order valence-electron chi connectivity index (χ1n) is 8.26. The smallest absolute Gasteiger partial charge is 0.433 e. The first-order chi connectivity index (χ1) is 13.0. The number of halogens is 1. The lowest BCUT2D eigenvalue weighted by Gasteiger charge is -2.30. The fourth-order valence-electron chi connectivity index (χ4n) is 2.94. The lowest BCUT2D eigenvalue weighted by atomic mass is 10.1. The fraction of sp³-hybridized carbons (Fsp3) is 0.294. The standard InChI is InChI=1S/C17H14FN3O5S/c18-10-1-2-12-14(9-10)27-17(19-12)25-11-5-7-20(8-6-11)16(22)13-3-4-15(26-13)21(23)24/h1-4,9,11H,5-8H2. The van der Waals surface area contributed by atoms with Gasteiger partial charge < -0.3 is 14.1 Å². The zero-order chi connectivity index (χ0) is 19.0. The van der Waals surface area contributed by atoms with Gasteiger partial charge in [0.1, 0.15) is 16.8 Å². The number of hydrogen-bond donors (Lipinski definition) is 0. The molecular weight excluding hydrogens is 377 g/mol. The predicted octanol–water partition coefficient (Wildman–Crippen LogP) is 3.62. The number of ether oxygens (including phenoxy) is 1. The maximum atomic E-state index is 13.3. The molecule has 0 N–H and O–H groups in total. The fourth-order valence-corrected chi connectivity index (χ4v) is 3.85. The number of rotatable bonds is 4. The Hall–Kier alpha value is -3.01. The van der Waals surface area contributed by atoms with Crippen LogP contribution in [0.2, 0.25) is 0 Å². The molecule has 0 aliphatic carbocycles. The summed E-state index contributed by atoms with van der Waals surface area (Å²) in [5.41, 5.74) is 0.684. The molecule has 1 saturated heterocycles. The van der Waals surface area contributed by atoms with Crippen LogP contribution >= 0.6 is 11.3 Å². The van der Waals surface area contributed by atoms with Gasteiger partial charge in [-0.2, -0.15) is 0 Å². The Morgan fingerprint density at radius 1 is 1.33 bits per heavy atom. The summed E-state index contributed by atoms with van der Waals surface area (Å²) in [6.45, 7) is 0.884. The minimum atomic E-state index is -0.680. The van der Waals surface area contributed by atoms with E-state index < -0.39 is 10.8 Å². The summed E-state index contributed by atoms with van der Waals surface area (Å²) in [5.74, 6) is -1.20. The van der Waals surface area contributed by atoms with E-state index in [2.05, 4.69) is 4.98 Å². The molecule has 0 bridgehead atoms. The molecule has 0 spiro atoms. The summed E-state index contributed by atoms with van der Waals surface area (Å²) < 4.78 is 24.8. The van der Waals surface area contributed by atoms with Crippen molar-refractivity contribution in [1.29, 1.82) is 0 Å². The third-order valence-corrected chi connectivity index (χ3v) is 5.22. The summed E-state index contributed by atoms with van der Waals surface area (Å²) in [6, 6.07) is 6.86. The number of carbonyl (C=O) groups excluding carboxylic acids is 1. The Balaban J connectivity index is 1.36. The lowest BCUT2D eigenvalue weighted by molar-refractivity contribution is -0.402. The molecule has 3 aromatic rings. The van der Waals surface area contributed by atoms with Crippen LogP contribution in [0.5, 0.6) is 5.19 Å². The first-order valence-corrected chi connectivity index (χ1v) is 9.07. The second-order valence-corrected chi connectivity index (χ2v) is 7.09. The van der Waals surface area contributed by atoms with E-state index in [9.17, 15) is 19.3 Å². The summed E-state index contributed by atoms with van der Waals surface area (Å²) in [4.78, 5) is 28.3. The number of benzene rings is 1. The Morgan fingerprint density at radius 3 is 2.81 bits per heavy atom. The Bertz CT molecular complexity index is 1010. The highest BCUT2D eigenvalue weighted by atomic mass is 32.1. The van der Waals surface area contributed by atoms with E-state index >= 15 is 0 Å². The minimum Gasteiger partial charge on any atom is -0.467 e. The number of carbonyl (C=O) groups is 1. The molecule has 1 aromatic carbocycles. The molecule has 8 nitrogen and oxygen atoms in total. The molecule has 0 saturated carbocycles. The van der Waals surface area contributed by atoms with Crippen LogP contribution in [-0.4, -0.2) is 39.9 Å². The maximum Gasteiger partial charge on any atom is 0.433 e. The van der Waals surface area contributed by atoms with Crippen molar-refractivity contribution in [2.45, 2.75) is 18.9 Å². The Morgan fingerprint density at radius 2 is 2.11 bits per heavy atom. The highest BCUT2D eigenvalue weighted by Crippen LogP contribution is 2.30. The van der Waals surface area contributed by atoms with Gasteiger partial charge in [-0.1, -0.05) is 11.3 Å². The van der Waals surface area contributed by atoms with E-state index in [1.165, 1.54) is 35.6 Å². The summed E-state index contributed by atoms with van der Waals surface area (Å²) in [5, 5.41) is 11.1. The van der Waals surface area contributed by atoms with E-state index in [0.717, 1.165) is 4.70 Å². The van der Waals surface area contributed by atoms with Gasteiger partial charge in [0.05, 0.1) is 16.3 Å². The number of amides is 1. The van der Waals surface area contributed by atoms with Crippen molar-refractivity contribution in [1.82, 2.24) is 9.88 Å². The van der Waals surface area contributed by atoms with Gasteiger partial charge in [0.2, 0.25) is 0 Å². The summed E-state index contributed by atoms with van der Waals surface area (Å²) in [6.07, 6.45) is 1.09. The van der Waals surface area contributed by atoms with Crippen LogP contribution < -0.4 is 4.74 Å². The molecule has 1 aliphatic heterocycles. The van der Waals surface area contributed by atoms with Crippen molar-refractivity contribution in [2.24, 2.45) is 0 Å². The van der Waals surface area contributed by atoms with E-state index in [4.69, 9.17) is 9.15 Å². The van der Waals surface area contributed by atoms with Crippen LogP contribution in [0, 0.1) is 15.9 Å². The average molecular weight is 391 g/mol. The van der Waals surface area contributed by atoms with Crippen LogP contribution in [0.25, 0.3) is 10.2 Å². The predicted molar refractivity (Wildman–Crippen MR) is 94.5 cm³/mol. The number of nitro groups is 1. The number of likely N-dealkylation sites (tertiary alicyclic amines) is 1. The zero-order valence-electron chi connectivity index (χ0n) is 14.0. The second-order valence-electron chi connectivity index (χ2n) is 6.10. The average Bonchev–Trinajstić information content (AvgIpc) is 3.28. The normalized spacial score (nSPS) is 15.2. The number of nitrogens with zero attached hydrogens (tertiary/aromatic N) is 3. The third-order valence-electron chi connectivity index (χ3n) is 4.31. The van der Waals surface area contributed by atoms with Gasteiger partial charge in [0.25, 0.3) is 11.1 Å². The van der Waals surface area contributed by atoms with E-state index in [1.807, 2.05) is 0 Å². The van der Waals surface area contributed by atoms with Gasteiger partial charge in [0, 0.05) is 25.9 Å². The molecule has 27 heavy (non-hydrogen) atoms. The van der Waals surface area contributed by atoms with Crippen LogP contribution in [0.3, 0.4) is 0 Å². The molecular formula is C17H14FN3O5S. The van der Waals surface area contributed by atoms with Crippen LogP contribution in [-0.2, 0) is 0 Å². The largest absolute Gasteiger partial charge is 0.467 e. The number of aromatic nitrogens is 1. The summed E-state index contributed by atoms with van der Waals surface area (Å²) >= 11 is 1.28. The topological polar surface area (TPSA) is 98.7 Å². The molecule has 1 amide bonds. The molecule has 4 rings (SSSR count). The molecule has 3 heterocycles. The van der Waals surface area contributed by atoms with Crippen molar-refractivity contribution in [3.05, 3.63) is 52.0 Å². The van der Waals surface area contributed by atoms with Crippen LogP contribution in [0.15, 0.2) is 34.7 Å². The van der Waals surface area contributed by atoms with Gasteiger partial charge in [-0.05, 0) is 24.3 Å². The Kier molecular flexibility index (Phi) is 4.48. The molecule has 1 fully saturated rings. The first kappa shape index (κ1) is 17.4. The van der Waals surface area contributed by atoms with E-state index in [1.54, 1.807) is 11.0 Å². The highest BCUT2D eigenvalue weighted by Gasteiger charge is 2.28. The minimum absolute atomic E-state index is 0.0470. The van der Waals surface area contributed by atoms with Gasteiger partial charge >= 0.3 is 5.88 Å². The van der Waals surface area contributed by atoms with Crippen molar-refractivity contribution >= 4 is 33.3 Å². The molecule has 0 unspecified atom stereocenters. The van der Waals surface area contributed by atoms with Crippen molar-refractivity contribution in [3.63, 3.8) is 0 Å². The summed E-state index contributed by atoms with van der Waals surface area (Å²) in [7, 11) is 0. The highest BCUT2D eigenvalue weighted by molar-refractivity contribution is 7.20. The monoisotopic (exact) mass is 391 g/mol. The van der Waals surface area contributed by atoms with Gasteiger partial charge in [-0.15, -0.1) is 0 Å². The quantitative estimate of drug-likeness (QED) is 0.498. The molecule has 10 heteroatoms. The van der Waals surface area contributed by atoms with Gasteiger partial charge in [0.15, 0.2) is 5.76 Å². The van der Waals surface area contributed by atoms with Crippen molar-refractivity contribution in [3.8, 4) is 5.19 Å². The molecule has 0 radical (unpaired) electrons. The Labute approximate surface area is 156 Å². The number of furan rings is 1. The molecule has 2 aromatic heterocycles. The molecule has 140 valence electrons. The van der Waals surface area contributed by atoms with Crippen molar-refractivity contribution in [2.75, 3.05) is 13.1 Å². The molecule has 0 atom stereocenters.